The van der Waals surface area contributed by atoms with E-state index in [9.17, 15) is 0 Å². The second kappa shape index (κ2) is 5.48. The molecule has 0 aliphatic carbocycles. The molecular weight excluding hydrogens is 132 g/mol. The Balaban J connectivity index is 4.14. The number of rotatable bonds is 4. The largest absolute Gasteiger partial charge is 0.0991 e. The minimum absolute atomic E-state index is 0.919. The van der Waals surface area contributed by atoms with Gasteiger partial charge in [-0.3, -0.25) is 0 Å². The Kier molecular flexibility index (Phi) is 4.83. The first-order chi connectivity index (χ1) is 5.22. The molecule has 0 spiro atoms. The Morgan fingerprint density at radius 1 is 1.09 bits per heavy atom. The summed E-state index contributed by atoms with van der Waals surface area (Å²) in [5.74, 6) is 0. The van der Waals surface area contributed by atoms with Gasteiger partial charge in [-0.15, -0.1) is 0 Å². The molecule has 0 heteroatoms. The van der Waals surface area contributed by atoms with Crippen molar-refractivity contribution in [3.63, 3.8) is 0 Å². The van der Waals surface area contributed by atoms with Crippen LogP contribution in [-0.4, -0.2) is 0 Å². The van der Waals surface area contributed by atoms with Crippen LogP contribution in [0.2, 0.25) is 0 Å². The highest BCUT2D eigenvalue weighted by atomic mass is 13.9. The lowest BCUT2D eigenvalue weighted by Gasteiger charge is -1.95. The highest BCUT2D eigenvalue weighted by Gasteiger charge is 1.87. The zero-order valence-electron chi connectivity index (χ0n) is 7.01. The van der Waals surface area contributed by atoms with Crippen LogP contribution in [0.25, 0.3) is 0 Å². The van der Waals surface area contributed by atoms with Crippen LogP contribution in [0.1, 0.15) is 6.92 Å². The molecule has 0 rings (SSSR count). The smallest absolute Gasteiger partial charge is 0.0262 e. The summed E-state index contributed by atoms with van der Waals surface area (Å²) < 4.78 is 0. The third-order valence-corrected chi connectivity index (χ3v) is 1.21. The van der Waals surface area contributed by atoms with E-state index in [0.717, 1.165) is 11.1 Å². The average molecular weight is 146 g/mol. The summed E-state index contributed by atoms with van der Waals surface area (Å²) >= 11 is 0. The fourth-order valence-corrected chi connectivity index (χ4v) is 0.599. The molecule has 0 aromatic carbocycles. The van der Waals surface area contributed by atoms with Crippen molar-refractivity contribution >= 4 is 0 Å². The molecular formula is C11H14. The normalized spacial score (nSPS) is 10.6. The van der Waals surface area contributed by atoms with Gasteiger partial charge in [-0.2, -0.15) is 0 Å². The predicted octanol–water partition coefficient (Wildman–Crippen LogP) is 3.42. The lowest BCUT2D eigenvalue weighted by Crippen LogP contribution is -1.76. The summed E-state index contributed by atoms with van der Waals surface area (Å²) in [7, 11) is 0. The van der Waals surface area contributed by atoms with E-state index in [1.54, 1.807) is 6.08 Å². The molecule has 0 bridgehead atoms. The molecule has 0 amide bonds. The zero-order chi connectivity index (χ0) is 8.69. The predicted molar refractivity (Wildman–Crippen MR) is 52.4 cm³/mol. The van der Waals surface area contributed by atoms with Crippen LogP contribution in [0.4, 0.5) is 0 Å². The Morgan fingerprint density at radius 2 is 1.64 bits per heavy atom. The third kappa shape index (κ3) is 4.15. The second-order valence-corrected chi connectivity index (χ2v) is 2.15. The van der Waals surface area contributed by atoms with Gasteiger partial charge in [-0.25, -0.2) is 0 Å². The molecule has 0 aliphatic heterocycles. The lowest BCUT2D eigenvalue weighted by atomic mass is 10.1. The Morgan fingerprint density at radius 3 is 2.09 bits per heavy atom. The summed E-state index contributed by atoms with van der Waals surface area (Å²) in [6, 6.07) is 0. The fourth-order valence-electron chi connectivity index (χ4n) is 0.599. The summed E-state index contributed by atoms with van der Waals surface area (Å²) in [5.41, 5.74) is 1.86. The van der Waals surface area contributed by atoms with Crippen molar-refractivity contribution in [2.75, 3.05) is 0 Å². The molecule has 58 valence electrons. The molecule has 0 aromatic heterocycles. The van der Waals surface area contributed by atoms with Gasteiger partial charge in [0.1, 0.15) is 0 Å². The highest BCUT2D eigenvalue weighted by Crippen LogP contribution is 2.07. The maximum absolute atomic E-state index is 3.83. The van der Waals surface area contributed by atoms with Crippen LogP contribution in [0.3, 0.4) is 0 Å². The third-order valence-electron chi connectivity index (χ3n) is 1.21. The van der Waals surface area contributed by atoms with Crippen molar-refractivity contribution in [1.82, 2.24) is 0 Å². The zero-order valence-corrected chi connectivity index (χ0v) is 7.01. The Hall–Kier alpha value is -1.30. The molecule has 0 saturated carbocycles. The SMILES string of the molecule is C=CC=CC(=C)C(=C)C=CC. The molecule has 0 N–H and O–H groups in total. The van der Waals surface area contributed by atoms with Gasteiger partial charge >= 0.3 is 0 Å². The standard InChI is InChI=1S/C11H14/c1-5-7-9-11(4)10(3)8-6-2/h5-9H,1,3-4H2,2H3. The molecule has 0 aliphatic rings. The first-order valence-corrected chi connectivity index (χ1v) is 3.52. The van der Waals surface area contributed by atoms with Crippen molar-refractivity contribution in [1.29, 1.82) is 0 Å². The molecule has 11 heavy (non-hydrogen) atoms. The van der Waals surface area contributed by atoms with Gasteiger partial charge in [0.15, 0.2) is 0 Å². The van der Waals surface area contributed by atoms with Crippen LogP contribution in [0, 0.1) is 0 Å². The minimum atomic E-state index is 0.919. The van der Waals surface area contributed by atoms with E-state index in [1.165, 1.54) is 0 Å². The van der Waals surface area contributed by atoms with Crippen LogP contribution in [0.5, 0.6) is 0 Å². The summed E-state index contributed by atoms with van der Waals surface area (Å²) in [5, 5.41) is 0. The van der Waals surface area contributed by atoms with Gasteiger partial charge in [0, 0.05) is 0 Å². The first kappa shape index (κ1) is 9.70. The van der Waals surface area contributed by atoms with Gasteiger partial charge in [-0.05, 0) is 18.1 Å². The van der Waals surface area contributed by atoms with Crippen molar-refractivity contribution in [2.24, 2.45) is 0 Å². The van der Waals surface area contributed by atoms with Crippen molar-refractivity contribution < 1.29 is 0 Å². The molecule has 0 unspecified atom stereocenters. The first-order valence-electron chi connectivity index (χ1n) is 3.52. The Bertz CT molecular complexity index is 214. The van der Waals surface area contributed by atoms with E-state index in [4.69, 9.17) is 0 Å². The highest BCUT2D eigenvalue weighted by molar-refractivity contribution is 5.42. The molecule has 0 heterocycles. The lowest BCUT2D eigenvalue weighted by molar-refractivity contribution is 1.57. The summed E-state index contributed by atoms with van der Waals surface area (Å²) in [4.78, 5) is 0. The van der Waals surface area contributed by atoms with E-state index in [1.807, 2.05) is 31.2 Å². The second-order valence-electron chi connectivity index (χ2n) is 2.15. The van der Waals surface area contributed by atoms with Gasteiger partial charge in [0.2, 0.25) is 0 Å². The molecule has 0 fully saturated rings. The average Bonchev–Trinajstić information content (AvgIpc) is 2.00. The minimum Gasteiger partial charge on any atom is -0.0991 e. The molecule has 0 aromatic rings. The summed E-state index contributed by atoms with van der Waals surface area (Å²) in [6.45, 7) is 13.2. The maximum Gasteiger partial charge on any atom is -0.0262 e. The van der Waals surface area contributed by atoms with E-state index in [0.29, 0.717) is 0 Å². The topological polar surface area (TPSA) is 0 Å². The van der Waals surface area contributed by atoms with Crippen molar-refractivity contribution in [2.45, 2.75) is 6.92 Å². The fraction of sp³-hybridized carbons (Fsp3) is 0.0909. The molecule has 0 nitrogen and oxygen atoms in total. The number of hydrogen-bond acceptors (Lipinski definition) is 0. The van der Waals surface area contributed by atoms with E-state index in [-0.39, 0.29) is 0 Å². The van der Waals surface area contributed by atoms with Gasteiger partial charge in [0.05, 0.1) is 0 Å². The van der Waals surface area contributed by atoms with Crippen LogP contribution in [-0.2, 0) is 0 Å². The molecule has 0 saturated heterocycles. The van der Waals surface area contributed by atoms with Crippen LogP contribution < -0.4 is 0 Å². The van der Waals surface area contributed by atoms with Crippen molar-refractivity contribution in [3.8, 4) is 0 Å². The molecule has 0 radical (unpaired) electrons. The van der Waals surface area contributed by atoms with E-state index >= 15 is 0 Å². The van der Waals surface area contributed by atoms with E-state index in [2.05, 4.69) is 19.7 Å². The molecule has 0 atom stereocenters. The van der Waals surface area contributed by atoms with E-state index < -0.39 is 0 Å². The summed E-state index contributed by atoms with van der Waals surface area (Å²) in [6.07, 6.45) is 9.31. The van der Waals surface area contributed by atoms with Crippen LogP contribution in [0.15, 0.2) is 61.3 Å². The number of allylic oxidation sites excluding steroid dienone is 7. The van der Waals surface area contributed by atoms with Gasteiger partial charge < -0.3 is 0 Å². The maximum atomic E-state index is 3.83. The quantitative estimate of drug-likeness (QED) is 0.533. The number of hydrogen-bond donors (Lipinski definition) is 0. The van der Waals surface area contributed by atoms with Gasteiger partial charge in [0.25, 0.3) is 0 Å². The van der Waals surface area contributed by atoms with Gasteiger partial charge in [-0.1, -0.05) is 50.1 Å². The van der Waals surface area contributed by atoms with Crippen molar-refractivity contribution in [3.05, 3.63) is 61.3 Å². The Labute approximate surface area is 68.9 Å². The van der Waals surface area contributed by atoms with Crippen LogP contribution >= 0.6 is 0 Å². The monoisotopic (exact) mass is 146 g/mol.